The Labute approximate surface area is 113 Å². The molecule has 2 fully saturated rings. The van der Waals surface area contributed by atoms with Crippen LogP contribution in [0.3, 0.4) is 0 Å². The van der Waals surface area contributed by atoms with Crippen molar-refractivity contribution in [3.05, 3.63) is 35.9 Å². The molecule has 0 spiro atoms. The summed E-state index contributed by atoms with van der Waals surface area (Å²) in [7, 11) is 2.09. The fraction of sp³-hybridized carbons (Fsp3) is 0.533. The first-order valence-corrected chi connectivity index (χ1v) is 6.88. The Morgan fingerprint density at radius 3 is 2.95 bits per heavy atom. The summed E-state index contributed by atoms with van der Waals surface area (Å²) in [6.07, 6.45) is 1.16. The minimum atomic E-state index is 0.0127. The van der Waals surface area contributed by atoms with Gasteiger partial charge in [-0.05, 0) is 19.0 Å². The third kappa shape index (κ3) is 2.80. The van der Waals surface area contributed by atoms with Crippen molar-refractivity contribution in [3.8, 4) is 0 Å². The predicted molar refractivity (Wildman–Crippen MR) is 72.6 cm³/mol. The second kappa shape index (κ2) is 5.31. The molecule has 2 heterocycles. The molecule has 0 unspecified atom stereocenters. The van der Waals surface area contributed by atoms with E-state index >= 15 is 0 Å². The van der Waals surface area contributed by atoms with Crippen molar-refractivity contribution in [2.45, 2.75) is 25.2 Å². The van der Waals surface area contributed by atoms with Gasteiger partial charge in [-0.3, -0.25) is 4.79 Å². The number of hydrogen-bond acceptors (Lipinski definition) is 3. The van der Waals surface area contributed by atoms with E-state index < -0.39 is 0 Å². The maximum atomic E-state index is 12.3. The van der Waals surface area contributed by atoms with E-state index in [1.807, 2.05) is 30.3 Å². The number of nitrogens with zero attached hydrogens (tertiary/aromatic N) is 1. The highest BCUT2D eigenvalue weighted by Gasteiger charge is 2.43. The van der Waals surface area contributed by atoms with Crippen LogP contribution in [0.15, 0.2) is 30.3 Å². The van der Waals surface area contributed by atoms with Crippen LogP contribution in [0.25, 0.3) is 0 Å². The zero-order valence-electron chi connectivity index (χ0n) is 11.2. The number of carbonyl (C=O) groups is 1. The van der Waals surface area contributed by atoms with Crippen molar-refractivity contribution in [2.75, 3.05) is 20.1 Å². The second-order valence-corrected chi connectivity index (χ2v) is 5.56. The van der Waals surface area contributed by atoms with E-state index in [0.717, 1.165) is 25.1 Å². The van der Waals surface area contributed by atoms with E-state index in [4.69, 9.17) is 4.74 Å². The SMILES string of the molecule is CN1C[C@H]2C[C@@H](C(=O)NCc3ccccc3)[C@@H](C1)O2. The van der Waals surface area contributed by atoms with Gasteiger partial charge >= 0.3 is 0 Å². The maximum Gasteiger partial charge on any atom is 0.226 e. The summed E-state index contributed by atoms with van der Waals surface area (Å²) in [5.41, 5.74) is 1.13. The molecule has 4 nitrogen and oxygen atoms in total. The zero-order valence-corrected chi connectivity index (χ0v) is 11.2. The van der Waals surface area contributed by atoms with Crippen LogP contribution < -0.4 is 5.32 Å². The molecule has 3 atom stereocenters. The highest BCUT2D eigenvalue weighted by molar-refractivity contribution is 5.79. The molecule has 0 aliphatic carbocycles. The van der Waals surface area contributed by atoms with Gasteiger partial charge in [-0.15, -0.1) is 0 Å². The van der Waals surface area contributed by atoms with E-state index in [1.165, 1.54) is 0 Å². The Morgan fingerprint density at radius 1 is 1.37 bits per heavy atom. The number of fused-ring (bicyclic) bond motifs is 2. The lowest BCUT2D eigenvalue weighted by Crippen LogP contribution is -2.43. The molecule has 102 valence electrons. The van der Waals surface area contributed by atoms with Crippen LogP contribution in [-0.4, -0.2) is 43.2 Å². The predicted octanol–water partition coefficient (Wildman–Crippen LogP) is 1.02. The average Bonchev–Trinajstić information content (AvgIpc) is 2.72. The molecule has 1 amide bonds. The van der Waals surface area contributed by atoms with Gasteiger partial charge in [0.1, 0.15) is 0 Å². The van der Waals surface area contributed by atoms with Crippen molar-refractivity contribution in [1.29, 1.82) is 0 Å². The molecule has 2 aliphatic rings. The molecule has 2 bridgehead atoms. The van der Waals surface area contributed by atoms with Gasteiger partial charge in [0.05, 0.1) is 18.1 Å². The number of hydrogen-bond donors (Lipinski definition) is 1. The standard InChI is InChI=1S/C15H20N2O2/c1-17-9-12-7-13(14(10-17)19-12)15(18)16-8-11-5-3-2-4-6-11/h2-6,12-14H,7-10H2,1H3,(H,16,18)/t12-,13-,14-/m1/s1. The average molecular weight is 260 g/mol. The monoisotopic (exact) mass is 260 g/mol. The Morgan fingerprint density at radius 2 is 2.16 bits per heavy atom. The van der Waals surface area contributed by atoms with Crippen LogP contribution in [-0.2, 0) is 16.1 Å². The molecule has 0 saturated carbocycles. The van der Waals surface area contributed by atoms with Gasteiger partial charge in [0.15, 0.2) is 0 Å². The number of nitrogens with one attached hydrogen (secondary N) is 1. The number of amides is 1. The number of benzene rings is 1. The smallest absolute Gasteiger partial charge is 0.226 e. The Balaban J connectivity index is 1.56. The van der Waals surface area contributed by atoms with Gasteiger partial charge < -0.3 is 15.0 Å². The summed E-state index contributed by atoms with van der Waals surface area (Å²) in [6, 6.07) is 10.0. The van der Waals surface area contributed by atoms with Gasteiger partial charge in [-0.2, -0.15) is 0 Å². The molecular formula is C15H20N2O2. The van der Waals surface area contributed by atoms with Crippen LogP contribution in [0.4, 0.5) is 0 Å². The lowest BCUT2D eigenvalue weighted by molar-refractivity contribution is -0.128. The van der Waals surface area contributed by atoms with Crippen molar-refractivity contribution in [3.63, 3.8) is 0 Å². The fourth-order valence-electron chi connectivity index (χ4n) is 3.04. The number of carbonyl (C=O) groups excluding carboxylic acids is 1. The second-order valence-electron chi connectivity index (χ2n) is 5.56. The van der Waals surface area contributed by atoms with Gasteiger partial charge in [0.2, 0.25) is 5.91 Å². The van der Waals surface area contributed by atoms with E-state index in [9.17, 15) is 4.79 Å². The summed E-state index contributed by atoms with van der Waals surface area (Å²) in [5, 5.41) is 3.03. The van der Waals surface area contributed by atoms with E-state index in [-0.39, 0.29) is 24.0 Å². The van der Waals surface area contributed by atoms with Gasteiger partial charge in [0, 0.05) is 19.6 Å². The van der Waals surface area contributed by atoms with Gasteiger partial charge in [-0.1, -0.05) is 30.3 Å². The van der Waals surface area contributed by atoms with Crippen LogP contribution in [0.5, 0.6) is 0 Å². The van der Waals surface area contributed by atoms with E-state index in [1.54, 1.807) is 0 Å². The Kier molecular flexibility index (Phi) is 3.53. The minimum absolute atomic E-state index is 0.0127. The third-order valence-electron chi connectivity index (χ3n) is 3.99. The van der Waals surface area contributed by atoms with Crippen molar-refractivity contribution >= 4 is 5.91 Å². The fourth-order valence-corrected chi connectivity index (χ4v) is 3.04. The first-order chi connectivity index (χ1) is 9.22. The molecule has 1 N–H and O–H groups in total. The van der Waals surface area contributed by atoms with E-state index in [2.05, 4.69) is 17.3 Å². The third-order valence-corrected chi connectivity index (χ3v) is 3.99. The molecule has 1 aromatic carbocycles. The van der Waals surface area contributed by atoms with Gasteiger partial charge in [-0.25, -0.2) is 0 Å². The summed E-state index contributed by atoms with van der Waals surface area (Å²) in [4.78, 5) is 14.5. The number of likely N-dealkylation sites (N-methyl/N-ethyl adjacent to an activating group) is 1. The number of morpholine rings is 1. The Hall–Kier alpha value is -1.39. The molecule has 0 radical (unpaired) electrons. The molecule has 0 aromatic heterocycles. The highest BCUT2D eigenvalue weighted by atomic mass is 16.5. The van der Waals surface area contributed by atoms with Crippen molar-refractivity contribution < 1.29 is 9.53 Å². The summed E-state index contributed by atoms with van der Waals surface area (Å²) in [6.45, 7) is 2.41. The molecule has 19 heavy (non-hydrogen) atoms. The zero-order chi connectivity index (χ0) is 13.2. The summed E-state index contributed by atoms with van der Waals surface area (Å²) >= 11 is 0. The number of likely N-dealkylation sites (tertiary alicyclic amines) is 1. The first kappa shape index (κ1) is 12.6. The number of ether oxygens (including phenoxy) is 1. The lowest BCUT2D eigenvalue weighted by atomic mass is 9.99. The van der Waals surface area contributed by atoms with Crippen molar-refractivity contribution in [2.24, 2.45) is 5.92 Å². The highest BCUT2D eigenvalue weighted by Crippen LogP contribution is 2.31. The van der Waals surface area contributed by atoms with E-state index in [0.29, 0.717) is 6.54 Å². The number of rotatable bonds is 3. The lowest BCUT2D eigenvalue weighted by Gasteiger charge is -2.29. The van der Waals surface area contributed by atoms with Crippen molar-refractivity contribution in [1.82, 2.24) is 10.2 Å². The quantitative estimate of drug-likeness (QED) is 0.882. The van der Waals surface area contributed by atoms with Crippen LogP contribution in [0, 0.1) is 5.92 Å². The molecule has 4 heteroatoms. The molecular weight excluding hydrogens is 240 g/mol. The summed E-state index contributed by atoms with van der Waals surface area (Å²) in [5.74, 6) is 0.144. The van der Waals surface area contributed by atoms with Crippen LogP contribution >= 0.6 is 0 Å². The van der Waals surface area contributed by atoms with Crippen LogP contribution in [0.1, 0.15) is 12.0 Å². The molecule has 2 saturated heterocycles. The van der Waals surface area contributed by atoms with Crippen LogP contribution in [0.2, 0.25) is 0 Å². The molecule has 1 aromatic rings. The largest absolute Gasteiger partial charge is 0.371 e. The minimum Gasteiger partial charge on any atom is -0.371 e. The molecule has 3 rings (SSSR count). The topological polar surface area (TPSA) is 41.6 Å². The Bertz CT molecular complexity index is 449. The normalized spacial score (nSPS) is 30.3. The molecule has 2 aliphatic heterocycles. The summed E-state index contributed by atoms with van der Waals surface area (Å²) < 4.78 is 5.85. The van der Waals surface area contributed by atoms with Gasteiger partial charge in [0.25, 0.3) is 0 Å². The first-order valence-electron chi connectivity index (χ1n) is 6.88. The maximum absolute atomic E-state index is 12.3.